The molecule has 1 aromatic carbocycles. The van der Waals surface area contributed by atoms with Crippen LogP contribution in [0.15, 0.2) is 12.1 Å². The third-order valence-corrected chi connectivity index (χ3v) is 4.12. The first-order valence-electron chi connectivity index (χ1n) is 5.15. The Bertz CT molecular complexity index is 342. The van der Waals surface area contributed by atoms with Crippen molar-refractivity contribution in [3.63, 3.8) is 0 Å². The highest BCUT2D eigenvalue weighted by Gasteiger charge is 2.15. The number of likely N-dealkylation sites (tertiary alicyclic amines) is 1. The summed E-state index contributed by atoms with van der Waals surface area (Å²) < 4.78 is 1.38. The second-order valence-corrected chi connectivity index (χ2v) is 5.32. The smallest absolute Gasteiger partial charge is 0.0236 e. The lowest BCUT2D eigenvalue weighted by Crippen LogP contribution is -2.36. The van der Waals surface area contributed by atoms with E-state index in [1.165, 1.54) is 39.8 Å². The molecule has 1 aromatic rings. The van der Waals surface area contributed by atoms with Crippen LogP contribution in [0.3, 0.4) is 0 Å². The average molecular weight is 301 g/mol. The van der Waals surface area contributed by atoms with Crippen LogP contribution < -0.4 is 0 Å². The molecule has 0 aliphatic carbocycles. The number of nitrogens with zero attached hydrogens (tertiary/aromatic N) is 1. The van der Waals surface area contributed by atoms with Crippen molar-refractivity contribution in [3.8, 4) is 0 Å². The van der Waals surface area contributed by atoms with Gasteiger partial charge in [-0.15, -0.1) is 0 Å². The molecule has 0 atom stereocenters. The number of rotatable bonds is 2. The van der Waals surface area contributed by atoms with Gasteiger partial charge in [0.1, 0.15) is 0 Å². The zero-order valence-electron chi connectivity index (χ0n) is 8.81. The van der Waals surface area contributed by atoms with E-state index in [0.29, 0.717) is 0 Å². The van der Waals surface area contributed by atoms with Gasteiger partial charge in [0.25, 0.3) is 0 Å². The van der Waals surface area contributed by atoms with Gasteiger partial charge in [0, 0.05) is 10.1 Å². The van der Waals surface area contributed by atoms with E-state index in [2.05, 4.69) is 53.5 Å². The van der Waals surface area contributed by atoms with E-state index in [0.717, 1.165) is 6.54 Å². The third kappa shape index (κ3) is 2.11. The SMILES string of the molecule is Cc1cc(CN2CCC2)c(C)cc1I. The van der Waals surface area contributed by atoms with Crippen molar-refractivity contribution in [2.45, 2.75) is 26.8 Å². The molecule has 1 fully saturated rings. The molecule has 1 aliphatic heterocycles. The first-order chi connectivity index (χ1) is 6.66. The second-order valence-electron chi connectivity index (χ2n) is 4.16. The van der Waals surface area contributed by atoms with E-state index < -0.39 is 0 Å². The van der Waals surface area contributed by atoms with Crippen molar-refractivity contribution in [1.29, 1.82) is 0 Å². The van der Waals surface area contributed by atoms with Gasteiger partial charge in [-0.2, -0.15) is 0 Å². The summed E-state index contributed by atoms with van der Waals surface area (Å²) in [6.45, 7) is 8.12. The number of hydrogen-bond donors (Lipinski definition) is 0. The standard InChI is InChI=1S/C12H16IN/c1-9-7-12(13)10(2)6-11(9)8-14-4-3-5-14/h6-7H,3-5,8H2,1-2H3. The third-order valence-electron chi connectivity index (χ3n) is 2.96. The number of aryl methyl sites for hydroxylation is 2. The van der Waals surface area contributed by atoms with E-state index in [4.69, 9.17) is 0 Å². The lowest BCUT2D eigenvalue weighted by molar-refractivity contribution is 0.172. The maximum absolute atomic E-state index is 2.51. The van der Waals surface area contributed by atoms with Gasteiger partial charge in [-0.1, -0.05) is 6.07 Å². The van der Waals surface area contributed by atoms with Gasteiger partial charge in [-0.25, -0.2) is 0 Å². The van der Waals surface area contributed by atoms with E-state index in [1.54, 1.807) is 0 Å². The van der Waals surface area contributed by atoms with E-state index >= 15 is 0 Å². The molecule has 2 rings (SSSR count). The van der Waals surface area contributed by atoms with Crippen LogP contribution in [0.2, 0.25) is 0 Å². The Hall–Kier alpha value is -0.0900. The quantitative estimate of drug-likeness (QED) is 0.759. The maximum Gasteiger partial charge on any atom is 0.0236 e. The first kappa shape index (κ1) is 10.4. The molecule has 1 heterocycles. The van der Waals surface area contributed by atoms with Crippen LogP contribution in [0, 0.1) is 17.4 Å². The summed E-state index contributed by atoms with van der Waals surface area (Å²) >= 11 is 2.41. The highest BCUT2D eigenvalue weighted by Crippen LogP contribution is 2.20. The molecular weight excluding hydrogens is 285 g/mol. The minimum Gasteiger partial charge on any atom is -0.299 e. The second kappa shape index (κ2) is 4.19. The molecule has 0 bridgehead atoms. The Morgan fingerprint density at radius 1 is 1.21 bits per heavy atom. The van der Waals surface area contributed by atoms with Crippen molar-refractivity contribution < 1.29 is 0 Å². The van der Waals surface area contributed by atoms with E-state index in [9.17, 15) is 0 Å². The molecule has 0 radical (unpaired) electrons. The topological polar surface area (TPSA) is 3.24 Å². The van der Waals surface area contributed by atoms with Crippen LogP contribution in [0.25, 0.3) is 0 Å². The summed E-state index contributed by atoms with van der Waals surface area (Å²) in [6.07, 6.45) is 1.38. The van der Waals surface area contributed by atoms with Crippen LogP contribution in [0.5, 0.6) is 0 Å². The first-order valence-corrected chi connectivity index (χ1v) is 6.22. The lowest BCUT2D eigenvalue weighted by Gasteiger charge is -2.31. The molecule has 0 saturated carbocycles. The molecule has 0 spiro atoms. The van der Waals surface area contributed by atoms with Crippen LogP contribution in [0.1, 0.15) is 23.1 Å². The molecule has 2 heteroatoms. The summed E-state index contributed by atoms with van der Waals surface area (Å²) in [6, 6.07) is 4.64. The Kier molecular flexibility index (Phi) is 3.12. The summed E-state index contributed by atoms with van der Waals surface area (Å²) in [7, 11) is 0. The van der Waals surface area contributed by atoms with E-state index in [-0.39, 0.29) is 0 Å². The van der Waals surface area contributed by atoms with Crippen molar-refractivity contribution >= 4 is 22.6 Å². The predicted molar refractivity (Wildman–Crippen MR) is 68.5 cm³/mol. The Labute approximate surface area is 99.6 Å². The van der Waals surface area contributed by atoms with Crippen molar-refractivity contribution in [2.24, 2.45) is 0 Å². The average Bonchev–Trinajstić information content (AvgIpc) is 2.06. The Morgan fingerprint density at radius 2 is 1.93 bits per heavy atom. The minimum atomic E-state index is 1.14. The van der Waals surface area contributed by atoms with Crippen LogP contribution in [-0.2, 0) is 6.54 Å². The van der Waals surface area contributed by atoms with Crippen LogP contribution >= 0.6 is 22.6 Å². The van der Waals surface area contributed by atoms with Crippen LogP contribution in [-0.4, -0.2) is 18.0 Å². The summed E-state index contributed by atoms with van der Waals surface area (Å²) in [5.74, 6) is 0. The van der Waals surface area contributed by atoms with Crippen molar-refractivity contribution in [3.05, 3.63) is 32.4 Å². The maximum atomic E-state index is 2.51. The predicted octanol–water partition coefficient (Wildman–Crippen LogP) is 3.11. The van der Waals surface area contributed by atoms with Gasteiger partial charge < -0.3 is 0 Å². The van der Waals surface area contributed by atoms with E-state index in [1.807, 2.05) is 0 Å². The Balaban J connectivity index is 2.19. The van der Waals surface area contributed by atoms with Gasteiger partial charge in [0.2, 0.25) is 0 Å². The van der Waals surface area contributed by atoms with Crippen molar-refractivity contribution in [2.75, 3.05) is 13.1 Å². The van der Waals surface area contributed by atoms with Gasteiger partial charge in [-0.3, -0.25) is 4.90 Å². The highest BCUT2D eigenvalue weighted by atomic mass is 127. The largest absolute Gasteiger partial charge is 0.299 e. The molecular formula is C12H16IN. The summed E-state index contributed by atoms with van der Waals surface area (Å²) in [5, 5.41) is 0. The number of hydrogen-bond acceptors (Lipinski definition) is 1. The molecule has 0 aromatic heterocycles. The fourth-order valence-corrected chi connectivity index (χ4v) is 2.41. The van der Waals surface area contributed by atoms with Gasteiger partial charge in [0.05, 0.1) is 0 Å². The zero-order valence-corrected chi connectivity index (χ0v) is 11.0. The molecule has 76 valence electrons. The van der Waals surface area contributed by atoms with Crippen LogP contribution in [0.4, 0.5) is 0 Å². The lowest BCUT2D eigenvalue weighted by atomic mass is 10.0. The summed E-state index contributed by atoms with van der Waals surface area (Å²) in [4.78, 5) is 2.51. The monoisotopic (exact) mass is 301 g/mol. The molecule has 1 aliphatic rings. The number of halogens is 1. The molecule has 0 N–H and O–H groups in total. The normalized spacial score (nSPS) is 16.8. The van der Waals surface area contributed by atoms with Gasteiger partial charge in [0.15, 0.2) is 0 Å². The zero-order chi connectivity index (χ0) is 10.1. The molecule has 14 heavy (non-hydrogen) atoms. The highest BCUT2D eigenvalue weighted by molar-refractivity contribution is 14.1. The fourth-order valence-electron chi connectivity index (χ4n) is 1.79. The molecule has 1 saturated heterocycles. The number of benzene rings is 1. The molecule has 0 amide bonds. The van der Waals surface area contributed by atoms with Crippen molar-refractivity contribution in [1.82, 2.24) is 4.90 Å². The Morgan fingerprint density at radius 3 is 2.50 bits per heavy atom. The van der Waals surface area contributed by atoms with Gasteiger partial charge in [-0.05, 0) is 78.7 Å². The minimum absolute atomic E-state index is 1.14. The summed E-state index contributed by atoms with van der Waals surface area (Å²) in [5.41, 5.74) is 4.35. The molecule has 0 unspecified atom stereocenters. The molecule has 1 nitrogen and oxygen atoms in total. The fraction of sp³-hybridized carbons (Fsp3) is 0.500. The van der Waals surface area contributed by atoms with Gasteiger partial charge >= 0.3 is 0 Å².